The molecule has 0 aliphatic carbocycles. The first-order valence-corrected chi connectivity index (χ1v) is 8.98. The molecule has 6 heteroatoms. The maximum absolute atomic E-state index is 12.6. The van der Waals surface area contributed by atoms with Crippen molar-refractivity contribution in [2.24, 2.45) is 0 Å². The van der Waals surface area contributed by atoms with Crippen LogP contribution in [0.2, 0.25) is 0 Å². The Hall–Kier alpha value is -3.17. The Kier molecular flexibility index (Phi) is 5.32. The van der Waals surface area contributed by atoms with Crippen molar-refractivity contribution < 1.29 is 25.9 Å². The van der Waals surface area contributed by atoms with Gasteiger partial charge in [0.05, 0.1) is 16.7 Å². The van der Waals surface area contributed by atoms with E-state index in [9.17, 15) is 4.79 Å². The predicted octanol–water partition coefficient (Wildman–Crippen LogP) is 5.04. The van der Waals surface area contributed by atoms with Gasteiger partial charge in [-0.25, -0.2) is 4.98 Å². The van der Waals surface area contributed by atoms with E-state index in [1.165, 1.54) is 0 Å². The van der Waals surface area contributed by atoms with Crippen LogP contribution < -0.4 is 0 Å². The molecule has 0 unspecified atom stereocenters. The van der Waals surface area contributed by atoms with Crippen LogP contribution in [0.5, 0.6) is 0 Å². The third kappa shape index (κ3) is 3.61. The van der Waals surface area contributed by atoms with Gasteiger partial charge in [0.1, 0.15) is 5.91 Å². The Morgan fingerprint density at radius 2 is 1.48 bits per heavy atom. The van der Waals surface area contributed by atoms with Gasteiger partial charge >= 0.3 is 0 Å². The molecule has 2 aromatic carbocycles. The van der Waals surface area contributed by atoms with E-state index in [0.29, 0.717) is 5.69 Å². The molecule has 3 heterocycles. The minimum atomic E-state index is -0.349. The van der Waals surface area contributed by atoms with Crippen LogP contribution in [0, 0.1) is 0 Å². The van der Waals surface area contributed by atoms with E-state index in [2.05, 4.69) is 32.4 Å². The summed E-state index contributed by atoms with van der Waals surface area (Å²) >= 11 is 0. The summed E-state index contributed by atoms with van der Waals surface area (Å²) in [5, 5.41) is 8.14. The van der Waals surface area contributed by atoms with E-state index in [4.69, 9.17) is 0 Å². The molecular formula is C23H15N4OPt-. The number of carbonyl (C=O) groups is 1. The van der Waals surface area contributed by atoms with Gasteiger partial charge in [-0.3, -0.25) is 9.97 Å². The summed E-state index contributed by atoms with van der Waals surface area (Å²) in [5.41, 5.74) is 2.72. The molecule has 29 heavy (non-hydrogen) atoms. The molecule has 0 fully saturated rings. The van der Waals surface area contributed by atoms with E-state index in [-0.39, 0.29) is 33.5 Å². The number of nitrogens with zero attached hydrogens (tertiary/aromatic N) is 4. The number of aromatic nitrogens is 3. The van der Waals surface area contributed by atoms with Crippen LogP contribution in [0.15, 0.2) is 79.1 Å². The minimum Gasteiger partial charge on any atom is -0.643 e. The predicted molar refractivity (Wildman–Crippen MR) is 110 cm³/mol. The Labute approximate surface area is 181 Å². The summed E-state index contributed by atoms with van der Waals surface area (Å²) in [4.78, 5) is 26.0. The molecule has 3 aromatic heterocycles. The molecule has 1 amide bonds. The average Bonchev–Trinajstić information content (AvgIpc) is 2.77. The van der Waals surface area contributed by atoms with Gasteiger partial charge < -0.3 is 10.1 Å². The second-order valence-electron chi connectivity index (χ2n) is 6.52. The molecule has 0 saturated carbocycles. The van der Waals surface area contributed by atoms with Crippen molar-refractivity contribution in [2.75, 3.05) is 0 Å². The quantitative estimate of drug-likeness (QED) is 0.291. The molecule has 5 rings (SSSR count). The van der Waals surface area contributed by atoms with Crippen LogP contribution in [-0.2, 0) is 27.6 Å². The van der Waals surface area contributed by atoms with Crippen molar-refractivity contribution in [2.45, 2.75) is 6.54 Å². The maximum Gasteiger partial charge on any atom is 0.101 e. The number of benzene rings is 2. The summed E-state index contributed by atoms with van der Waals surface area (Å²) in [7, 11) is 0. The first-order chi connectivity index (χ1) is 13.8. The first-order valence-electron chi connectivity index (χ1n) is 8.98. The zero-order chi connectivity index (χ0) is 18.9. The van der Waals surface area contributed by atoms with Crippen molar-refractivity contribution in [3.8, 4) is 0 Å². The van der Waals surface area contributed by atoms with Gasteiger partial charge in [-0.15, -0.1) is 0 Å². The van der Waals surface area contributed by atoms with Crippen LogP contribution in [-0.4, -0.2) is 20.9 Å². The fourth-order valence-electron chi connectivity index (χ4n) is 3.38. The van der Waals surface area contributed by atoms with Crippen LogP contribution in [0.1, 0.15) is 16.2 Å². The average molecular weight is 558 g/mol. The van der Waals surface area contributed by atoms with Crippen LogP contribution >= 0.6 is 0 Å². The number of rotatable bonds is 3. The number of amides is 1. The van der Waals surface area contributed by atoms with Crippen molar-refractivity contribution in [3.05, 3.63) is 95.8 Å². The molecule has 5 aromatic rings. The fraction of sp³-hybridized carbons (Fsp3) is 0.0435. The molecule has 0 N–H and O–H groups in total. The largest absolute Gasteiger partial charge is 0.643 e. The summed E-state index contributed by atoms with van der Waals surface area (Å²) in [6.07, 6.45) is 3.46. The molecule has 0 aliphatic heterocycles. The van der Waals surface area contributed by atoms with E-state index >= 15 is 0 Å². The minimum absolute atomic E-state index is 0. The molecule has 0 spiro atoms. The van der Waals surface area contributed by atoms with E-state index in [1.807, 2.05) is 48.5 Å². The van der Waals surface area contributed by atoms with Gasteiger partial charge in [0.2, 0.25) is 0 Å². The van der Waals surface area contributed by atoms with Gasteiger partial charge in [0.15, 0.2) is 0 Å². The third-order valence-corrected chi connectivity index (χ3v) is 4.74. The van der Waals surface area contributed by atoms with Crippen molar-refractivity contribution >= 4 is 38.5 Å². The number of hydrogen-bond acceptors (Lipinski definition) is 4. The molecule has 0 radical (unpaired) electrons. The van der Waals surface area contributed by atoms with Crippen molar-refractivity contribution in [1.82, 2.24) is 15.0 Å². The number of carbonyl (C=O) groups excluding carboxylic acids is 1. The molecule has 0 saturated heterocycles. The second-order valence-corrected chi connectivity index (χ2v) is 6.52. The van der Waals surface area contributed by atoms with E-state index in [0.717, 1.165) is 38.3 Å². The second kappa shape index (κ2) is 8.06. The van der Waals surface area contributed by atoms with Crippen LogP contribution in [0.25, 0.3) is 37.9 Å². The SMILES string of the molecule is O=C([N-]Cc1ccccn1)c1ccc2ccc3ccc4cccnc4c3c2n1.[Pt]. The third-order valence-electron chi connectivity index (χ3n) is 4.74. The van der Waals surface area contributed by atoms with Gasteiger partial charge in [0, 0.05) is 55.3 Å². The maximum atomic E-state index is 12.6. The molecule has 0 aliphatic rings. The monoisotopic (exact) mass is 558 g/mol. The zero-order valence-electron chi connectivity index (χ0n) is 15.2. The van der Waals surface area contributed by atoms with Crippen LogP contribution in [0.4, 0.5) is 0 Å². The number of fused-ring (bicyclic) bond motifs is 5. The Balaban J connectivity index is 0.00000205. The standard InChI is InChI=1S/C23H16N4O.Pt/c28-23(26-14-18-5-1-2-12-24-18)19-11-10-17-9-7-15-6-8-16-4-3-13-25-21(16)20(15)22(17)27-19;/h1-13H,14H2,(H,26,28);/p-1. The van der Waals surface area contributed by atoms with E-state index in [1.54, 1.807) is 18.5 Å². The Bertz CT molecular complexity index is 1330. The summed E-state index contributed by atoms with van der Waals surface area (Å²) in [6.45, 7) is 0.236. The smallest absolute Gasteiger partial charge is 0.101 e. The summed E-state index contributed by atoms with van der Waals surface area (Å²) < 4.78 is 0. The topological polar surface area (TPSA) is 69.8 Å². The van der Waals surface area contributed by atoms with Gasteiger partial charge in [-0.2, -0.15) is 0 Å². The van der Waals surface area contributed by atoms with Gasteiger partial charge in [-0.05, 0) is 29.7 Å². The molecule has 144 valence electrons. The van der Waals surface area contributed by atoms with Gasteiger partial charge in [0.25, 0.3) is 0 Å². The number of pyridine rings is 3. The first kappa shape index (κ1) is 19.2. The molecule has 0 bridgehead atoms. The molecule has 5 nitrogen and oxygen atoms in total. The van der Waals surface area contributed by atoms with Crippen molar-refractivity contribution in [3.63, 3.8) is 0 Å². The Morgan fingerprint density at radius 3 is 2.28 bits per heavy atom. The van der Waals surface area contributed by atoms with E-state index < -0.39 is 0 Å². The molecular weight excluding hydrogens is 543 g/mol. The van der Waals surface area contributed by atoms with Crippen molar-refractivity contribution in [1.29, 1.82) is 0 Å². The fourth-order valence-corrected chi connectivity index (χ4v) is 3.38. The normalized spacial score (nSPS) is 10.8. The summed E-state index contributed by atoms with van der Waals surface area (Å²) in [5.74, 6) is -0.349. The Morgan fingerprint density at radius 1 is 0.759 bits per heavy atom. The summed E-state index contributed by atoms with van der Waals surface area (Å²) in [6, 6.07) is 21.3. The van der Waals surface area contributed by atoms with Gasteiger partial charge in [-0.1, -0.05) is 49.0 Å². The molecule has 0 atom stereocenters. The number of hydrogen-bond donors (Lipinski definition) is 0. The zero-order valence-corrected chi connectivity index (χ0v) is 17.5. The van der Waals surface area contributed by atoms with Crippen LogP contribution in [0.3, 0.4) is 0 Å².